The first kappa shape index (κ1) is 18.9. The molecule has 0 atom stereocenters. The lowest BCUT2D eigenvalue weighted by atomic mass is 10.2. The fraction of sp³-hybridized carbons (Fsp3) is 0.167. The Morgan fingerprint density at radius 1 is 1.15 bits per heavy atom. The van der Waals surface area contributed by atoms with E-state index in [-0.39, 0.29) is 16.4 Å². The Labute approximate surface area is 157 Å². The summed E-state index contributed by atoms with van der Waals surface area (Å²) < 4.78 is 40.0. The first-order chi connectivity index (χ1) is 12.6. The summed E-state index contributed by atoms with van der Waals surface area (Å²) in [5.74, 6) is -0.345. The monoisotopic (exact) mass is 394 g/mol. The SMILES string of the molecule is Cc1cc(C)n(-c2ccc(Cl)c(C(=O)Nc3cccc(C(F)(F)F)c3)n2)n1. The van der Waals surface area contributed by atoms with Crippen molar-refractivity contribution < 1.29 is 18.0 Å². The van der Waals surface area contributed by atoms with Gasteiger partial charge in [-0.2, -0.15) is 18.3 Å². The molecule has 0 saturated heterocycles. The molecule has 5 nitrogen and oxygen atoms in total. The maximum atomic E-state index is 12.8. The first-order valence-corrected chi connectivity index (χ1v) is 8.22. The highest BCUT2D eigenvalue weighted by Gasteiger charge is 2.30. The third kappa shape index (κ3) is 4.11. The molecule has 1 aromatic carbocycles. The molecule has 0 spiro atoms. The topological polar surface area (TPSA) is 59.8 Å². The van der Waals surface area contributed by atoms with E-state index in [1.54, 1.807) is 10.7 Å². The van der Waals surface area contributed by atoms with E-state index >= 15 is 0 Å². The lowest BCUT2D eigenvalue weighted by Gasteiger charge is -2.11. The summed E-state index contributed by atoms with van der Waals surface area (Å²) in [5, 5.41) is 6.76. The Hall–Kier alpha value is -2.87. The third-order valence-electron chi connectivity index (χ3n) is 3.72. The van der Waals surface area contributed by atoms with Crippen LogP contribution in [-0.2, 0) is 6.18 Å². The van der Waals surface area contributed by atoms with Gasteiger partial charge in [0.05, 0.1) is 16.3 Å². The number of anilines is 1. The van der Waals surface area contributed by atoms with Crippen molar-refractivity contribution in [1.29, 1.82) is 0 Å². The van der Waals surface area contributed by atoms with Gasteiger partial charge in [0.1, 0.15) is 5.69 Å². The summed E-state index contributed by atoms with van der Waals surface area (Å²) in [6.07, 6.45) is -4.51. The molecular weight excluding hydrogens is 381 g/mol. The fourth-order valence-electron chi connectivity index (χ4n) is 2.53. The second kappa shape index (κ2) is 7.03. The number of pyridine rings is 1. The number of carbonyl (C=O) groups is 1. The van der Waals surface area contributed by atoms with E-state index in [1.165, 1.54) is 18.2 Å². The zero-order chi connectivity index (χ0) is 19.8. The van der Waals surface area contributed by atoms with E-state index in [2.05, 4.69) is 15.4 Å². The highest BCUT2D eigenvalue weighted by atomic mass is 35.5. The Balaban J connectivity index is 1.91. The van der Waals surface area contributed by atoms with Crippen molar-refractivity contribution in [3.05, 3.63) is 70.1 Å². The number of hydrogen-bond acceptors (Lipinski definition) is 3. The zero-order valence-corrected chi connectivity index (χ0v) is 15.1. The lowest BCUT2D eigenvalue weighted by Crippen LogP contribution is -2.16. The number of amides is 1. The average molecular weight is 395 g/mol. The van der Waals surface area contributed by atoms with E-state index in [0.717, 1.165) is 23.5 Å². The fourth-order valence-corrected chi connectivity index (χ4v) is 2.72. The Kier molecular flexibility index (Phi) is 4.93. The number of aryl methyl sites for hydroxylation is 2. The number of halogens is 4. The van der Waals surface area contributed by atoms with Crippen LogP contribution in [0.4, 0.5) is 18.9 Å². The molecule has 0 aliphatic heterocycles. The van der Waals surface area contributed by atoms with Gasteiger partial charge in [0.25, 0.3) is 5.91 Å². The van der Waals surface area contributed by atoms with Gasteiger partial charge in [-0.15, -0.1) is 0 Å². The van der Waals surface area contributed by atoms with E-state index in [9.17, 15) is 18.0 Å². The minimum Gasteiger partial charge on any atom is -0.321 e. The van der Waals surface area contributed by atoms with Crippen LogP contribution in [0.15, 0.2) is 42.5 Å². The van der Waals surface area contributed by atoms with Crippen LogP contribution in [0.25, 0.3) is 5.82 Å². The molecule has 3 rings (SSSR count). The number of rotatable bonds is 3. The van der Waals surface area contributed by atoms with Crippen LogP contribution in [0, 0.1) is 13.8 Å². The summed E-state index contributed by atoms with van der Waals surface area (Å²) >= 11 is 6.06. The van der Waals surface area contributed by atoms with E-state index < -0.39 is 17.6 Å². The molecule has 0 saturated carbocycles. The molecular formula is C18H14ClF3N4O. The number of nitrogens with one attached hydrogen (secondary N) is 1. The van der Waals surface area contributed by atoms with Crippen molar-refractivity contribution >= 4 is 23.2 Å². The number of aromatic nitrogens is 3. The molecule has 0 aliphatic rings. The van der Waals surface area contributed by atoms with Crippen LogP contribution in [0.1, 0.15) is 27.4 Å². The molecule has 27 heavy (non-hydrogen) atoms. The molecule has 2 heterocycles. The van der Waals surface area contributed by atoms with E-state index in [1.807, 2.05) is 19.9 Å². The van der Waals surface area contributed by atoms with Crippen molar-refractivity contribution in [3.63, 3.8) is 0 Å². The first-order valence-electron chi connectivity index (χ1n) is 7.84. The molecule has 0 bridgehead atoms. The summed E-state index contributed by atoms with van der Waals surface area (Å²) in [5.41, 5.74) is 0.602. The highest BCUT2D eigenvalue weighted by molar-refractivity contribution is 6.34. The third-order valence-corrected chi connectivity index (χ3v) is 4.03. The molecule has 140 valence electrons. The minimum atomic E-state index is -4.51. The van der Waals surface area contributed by atoms with Gasteiger partial charge in [0.15, 0.2) is 5.82 Å². The molecule has 0 fully saturated rings. The molecule has 0 aliphatic carbocycles. The van der Waals surface area contributed by atoms with Crippen LogP contribution >= 0.6 is 11.6 Å². The van der Waals surface area contributed by atoms with Crippen molar-refractivity contribution in [1.82, 2.24) is 14.8 Å². The molecule has 0 unspecified atom stereocenters. The second-order valence-electron chi connectivity index (χ2n) is 5.87. The quantitative estimate of drug-likeness (QED) is 0.693. The van der Waals surface area contributed by atoms with Crippen molar-refractivity contribution in [2.75, 3.05) is 5.32 Å². The van der Waals surface area contributed by atoms with Gasteiger partial charge >= 0.3 is 6.18 Å². The Morgan fingerprint density at radius 3 is 2.52 bits per heavy atom. The highest BCUT2D eigenvalue weighted by Crippen LogP contribution is 2.31. The average Bonchev–Trinajstić information content (AvgIpc) is 2.93. The van der Waals surface area contributed by atoms with Crippen molar-refractivity contribution in [3.8, 4) is 5.82 Å². The molecule has 2 aromatic heterocycles. The molecule has 0 radical (unpaired) electrons. The predicted octanol–water partition coefficient (Wildman–Crippen LogP) is 4.81. The maximum absolute atomic E-state index is 12.8. The van der Waals surface area contributed by atoms with Crippen LogP contribution in [0.2, 0.25) is 5.02 Å². The molecule has 3 aromatic rings. The summed E-state index contributed by atoms with van der Waals surface area (Å²) in [6, 6.07) is 9.26. The zero-order valence-electron chi connectivity index (χ0n) is 14.3. The summed E-state index contributed by atoms with van der Waals surface area (Å²) in [6.45, 7) is 3.65. The van der Waals surface area contributed by atoms with Gasteiger partial charge < -0.3 is 5.32 Å². The van der Waals surface area contributed by atoms with Crippen LogP contribution in [0.3, 0.4) is 0 Å². The van der Waals surface area contributed by atoms with Gasteiger partial charge in [0, 0.05) is 11.4 Å². The minimum absolute atomic E-state index is 0.00999. The van der Waals surface area contributed by atoms with Gasteiger partial charge in [0.2, 0.25) is 0 Å². The number of benzene rings is 1. The second-order valence-corrected chi connectivity index (χ2v) is 6.28. The largest absolute Gasteiger partial charge is 0.416 e. The van der Waals surface area contributed by atoms with Gasteiger partial charge in [-0.05, 0) is 50.2 Å². The number of nitrogens with zero attached hydrogens (tertiary/aromatic N) is 3. The summed E-state index contributed by atoms with van der Waals surface area (Å²) in [7, 11) is 0. The van der Waals surface area contributed by atoms with Crippen molar-refractivity contribution in [2.24, 2.45) is 0 Å². The normalized spacial score (nSPS) is 11.5. The number of alkyl halides is 3. The lowest BCUT2D eigenvalue weighted by molar-refractivity contribution is -0.137. The Morgan fingerprint density at radius 2 is 1.89 bits per heavy atom. The number of carbonyl (C=O) groups excluding carboxylic acids is 1. The molecule has 1 amide bonds. The van der Waals surface area contributed by atoms with Crippen LogP contribution < -0.4 is 5.32 Å². The molecule has 9 heteroatoms. The number of hydrogen-bond donors (Lipinski definition) is 1. The maximum Gasteiger partial charge on any atom is 0.416 e. The van der Waals surface area contributed by atoms with Gasteiger partial charge in [-0.3, -0.25) is 4.79 Å². The van der Waals surface area contributed by atoms with Crippen LogP contribution in [0.5, 0.6) is 0 Å². The standard InChI is InChI=1S/C18H14ClF3N4O/c1-10-8-11(2)26(25-10)15-7-6-14(19)16(24-15)17(27)23-13-5-3-4-12(9-13)18(20,21)22/h3-9H,1-2H3,(H,23,27). The molecule has 1 N–H and O–H groups in total. The van der Waals surface area contributed by atoms with Crippen molar-refractivity contribution in [2.45, 2.75) is 20.0 Å². The van der Waals surface area contributed by atoms with E-state index in [4.69, 9.17) is 11.6 Å². The summed E-state index contributed by atoms with van der Waals surface area (Å²) in [4.78, 5) is 16.7. The van der Waals surface area contributed by atoms with E-state index in [0.29, 0.717) is 5.82 Å². The predicted molar refractivity (Wildman–Crippen MR) is 95.2 cm³/mol. The smallest absolute Gasteiger partial charge is 0.321 e. The van der Waals surface area contributed by atoms with Gasteiger partial charge in [-0.25, -0.2) is 9.67 Å². The van der Waals surface area contributed by atoms with Gasteiger partial charge in [-0.1, -0.05) is 17.7 Å². The Bertz CT molecular complexity index is 1010. The van der Waals surface area contributed by atoms with Crippen LogP contribution in [-0.4, -0.2) is 20.7 Å².